The van der Waals surface area contributed by atoms with E-state index in [0.717, 1.165) is 18.9 Å². The Balaban J connectivity index is 1.74. The van der Waals surface area contributed by atoms with Crippen LogP contribution in [0.5, 0.6) is 0 Å². The lowest BCUT2D eigenvalue weighted by Gasteiger charge is -2.49. The van der Waals surface area contributed by atoms with Crippen molar-refractivity contribution in [3.05, 3.63) is 0 Å². The Bertz CT molecular complexity index is 358. The minimum Gasteiger partial charge on any atom is -0.370 e. The number of hydrogen-bond acceptors (Lipinski definition) is 3. The zero-order valence-corrected chi connectivity index (χ0v) is 12.6. The molecule has 0 aromatic rings. The van der Waals surface area contributed by atoms with E-state index < -0.39 is 0 Å². The van der Waals surface area contributed by atoms with Crippen LogP contribution < -0.4 is 5.73 Å². The molecule has 0 aromatic heterocycles. The van der Waals surface area contributed by atoms with Crippen molar-refractivity contribution in [2.24, 2.45) is 16.1 Å². The second-order valence-corrected chi connectivity index (χ2v) is 7.23. The highest BCUT2D eigenvalue weighted by Gasteiger charge is 2.50. The summed E-state index contributed by atoms with van der Waals surface area (Å²) >= 11 is 0. The first-order valence-electron chi connectivity index (χ1n) is 8.20. The van der Waals surface area contributed by atoms with Crippen LogP contribution in [0.2, 0.25) is 0 Å². The van der Waals surface area contributed by atoms with E-state index in [1.807, 2.05) is 0 Å². The Hall–Kier alpha value is -0.730. The van der Waals surface area contributed by atoms with E-state index in [2.05, 4.69) is 23.7 Å². The number of guanidine groups is 1. The molecule has 3 rings (SSSR count). The normalized spacial score (nSPS) is 30.0. The van der Waals surface area contributed by atoms with Gasteiger partial charge in [0.2, 0.25) is 0 Å². The summed E-state index contributed by atoms with van der Waals surface area (Å²) in [7, 11) is 0. The first-order valence-corrected chi connectivity index (χ1v) is 8.20. The molecule has 2 fully saturated rings. The Morgan fingerprint density at radius 2 is 1.79 bits per heavy atom. The highest BCUT2D eigenvalue weighted by molar-refractivity contribution is 5.81. The molecule has 1 unspecified atom stereocenters. The maximum absolute atomic E-state index is 6.18. The minimum absolute atomic E-state index is 0.271. The summed E-state index contributed by atoms with van der Waals surface area (Å²) in [6.07, 6.45) is 12.4. The molecular weight excluding hydrogens is 234 g/mol. The second kappa shape index (κ2) is 4.68. The molecular formula is C16H29N3. The van der Waals surface area contributed by atoms with Gasteiger partial charge in [0.25, 0.3) is 0 Å². The zero-order chi connectivity index (χ0) is 13.5. The van der Waals surface area contributed by atoms with Gasteiger partial charge in [-0.1, -0.05) is 19.8 Å². The van der Waals surface area contributed by atoms with E-state index in [0.29, 0.717) is 11.5 Å². The first kappa shape index (κ1) is 13.3. The molecule has 0 bridgehead atoms. The smallest absolute Gasteiger partial charge is 0.192 e. The molecule has 2 aliphatic carbocycles. The second-order valence-electron chi connectivity index (χ2n) is 7.23. The van der Waals surface area contributed by atoms with Gasteiger partial charge in [-0.25, -0.2) is 0 Å². The van der Waals surface area contributed by atoms with Crippen LogP contribution in [0.15, 0.2) is 4.99 Å². The van der Waals surface area contributed by atoms with Crippen molar-refractivity contribution in [2.75, 3.05) is 6.54 Å². The fraction of sp³-hybridized carbons (Fsp3) is 0.938. The number of aliphatic imine (C=N–C) groups is 1. The van der Waals surface area contributed by atoms with Crippen molar-refractivity contribution in [3.8, 4) is 0 Å². The lowest BCUT2D eigenvalue weighted by atomic mass is 9.66. The van der Waals surface area contributed by atoms with E-state index in [9.17, 15) is 0 Å². The molecule has 3 aliphatic rings. The summed E-state index contributed by atoms with van der Waals surface area (Å²) in [6, 6.07) is 0.531. The van der Waals surface area contributed by atoms with Gasteiger partial charge in [0, 0.05) is 6.04 Å². The zero-order valence-electron chi connectivity index (χ0n) is 12.6. The van der Waals surface area contributed by atoms with Gasteiger partial charge >= 0.3 is 0 Å². The Morgan fingerprint density at radius 1 is 1.16 bits per heavy atom. The largest absolute Gasteiger partial charge is 0.370 e. The Labute approximate surface area is 117 Å². The third-order valence-corrected chi connectivity index (χ3v) is 6.23. The van der Waals surface area contributed by atoms with Crippen LogP contribution in [0.3, 0.4) is 0 Å². The lowest BCUT2D eigenvalue weighted by Crippen LogP contribution is -2.57. The van der Waals surface area contributed by atoms with Crippen molar-refractivity contribution in [3.63, 3.8) is 0 Å². The molecule has 19 heavy (non-hydrogen) atoms. The molecule has 2 spiro atoms. The number of nitrogens with zero attached hydrogens (tertiary/aromatic N) is 2. The predicted molar refractivity (Wildman–Crippen MR) is 80.2 cm³/mol. The molecule has 0 amide bonds. The number of hydrogen-bond donors (Lipinski definition) is 1. The van der Waals surface area contributed by atoms with Gasteiger partial charge in [-0.2, -0.15) is 0 Å². The van der Waals surface area contributed by atoms with Crippen LogP contribution in [-0.2, 0) is 0 Å². The number of rotatable bonds is 2. The molecule has 1 aliphatic heterocycles. The summed E-state index contributed by atoms with van der Waals surface area (Å²) in [5.41, 5.74) is 7.15. The molecule has 0 aromatic carbocycles. The monoisotopic (exact) mass is 263 g/mol. The summed E-state index contributed by atoms with van der Waals surface area (Å²) in [5, 5.41) is 0. The Kier molecular flexibility index (Phi) is 3.26. The summed E-state index contributed by atoms with van der Waals surface area (Å²) in [5.74, 6) is 0.803. The van der Waals surface area contributed by atoms with Crippen molar-refractivity contribution < 1.29 is 0 Å². The first-order chi connectivity index (χ1) is 9.11. The van der Waals surface area contributed by atoms with Gasteiger partial charge < -0.3 is 10.6 Å². The fourth-order valence-corrected chi connectivity index (χ4v) is 4.77. The SMILES string of the molecule is CCC(C)N1C(N)=NCC12CCC1(CCCC1)CC2. The van der Waals surface area contributed by atoms with Gasteiger partial charge in [-0.3, -0.25) is 4.99 Å². The van der Waals surface area contributed by atoms with Gasteiger partial charge in [0.15, 0.2) is 5.96 Å². The summed E-state index contributed by atoms with van der Waals surface area (Å²) in [4.78, 5) is 7.07. The molecule has 1 heterocycles. The molecule has 0 radical (unpaired) electrons. The maximum Gasteiger partial charge on any atom is 0.192 e. The van der Waals surface area contributed by atoms with E-state index in [-0.39, 0.29) is 5.54 Å². The average molecular weight is 263 g/mol. The van der Waals surface area contributed by atoms with Crippen molar-refractivity contribution in [2.45, 2.75) is 83.2 Å². The maximum atomic E-state index is 6.18. The average Bonchev–Trinajstić information content (AvgIpc) is 3.00. The number of nitrogens with two attached hydrogens (primary N) is 1. The Morgan fingerprint density at radius 3 is 2.37 bits per heavy atom. The van der Waals surface area contributed by atoms with E-state index >= 15 is 0 Å². The molecule has 0 saturated heterocycles. The molecule has 2 N–H and O–H groups in total. The van der Waals surface area contributed by atoms with E-state index in [1.54, 1.807) is 0 Å². The summed E-state index contributed by atoms with van der Waals surface area (Å²) < 4.78 is 0. The van der Waals surface area contributed by atoms with E-state index in [4.69, 9.17) is 5.73 Å². The highest BCUT2D eigenvalue weighted by atomic mass is 15.4. The van der Waals surface area contributed by atoms with Gasteiger partial charge in [-0.05, 0) is 57.3 Å². The van der Waals surface area contributed by atoms with Gasteiger partial charge in [-0.15, -0.1) is 0 Å². The van der Waals surface area contributed by atoms with Gasteiger partial charge in [0.05, 0.1) is 12.1 Å². The molecule has 2 saturated carbocycles. The highest BCUT2D eigenvalue weighted by Crippen LogP contribution is 2.53. The molecule has 3 heteroatoms. The van der Waals surface area contributed by atoms with Crippen LogP contribution in [0.1, 0.15) is 71.6 Å². The van der Waals surface area contributed by atoms with Gasteiger partial charge in [0.1, 0.15) is 0 Å². The van der Waals surface area contributed by atoms with Crippen LogP contribution >= 0.6 is 0 Å². The lowest BCUT2D eigenvalue weighted by molar-refractivity contribution is 0.0485. The van der Waals surface area contributed by atoms with E-state index in [1.165, 1.54) is 51.4 Å². The van der Waals surface area contributed by atoms with Crippen LogP contribution in [0, 0.1) is 5.41 Å². The topological polar surface area (TPSA) is 41.6 Å². The molecule has 108 valence electrons. The van der Waals surface area contributed by atoms with Crippen molar-refractivity contribution >= 4 is 5.96 Å². The molecule has 1 atom stereocenters. The third kappa shape index (κ3) is 2.05. The van der Waals surface area contributed by atoms with Crippen molar-refractivity contribution in [1.29, 1.82) is 0 Å². The van der Waals surface area contributed by atoms with Crippen LogP contribution in [0.4, 0.5) is 0 Å². The quantitative estimate of drug-likeness (QED) is 0.830. The fourth-order valence-electron chi connectivity index (χ4n) is 4.77. The van der Waals surface area contributed by atoms with Crippen LogP contribution in [-0.4, -0.2) is 29.0 Å². The third-order valence-electron chi connectivity index (χ3n) is 6.23. The van der Waals surface area contributed by atoms with Crippen LogP contribution in [0.25, 0.3) is 0 Å². The van der Waals surface area contributed by atoms with Crippen molar-refractivity contribution in [1.82, 2.24) is 4.90 Å². The predicted octanol–water partition coefficient (Wildman–Crippen LogP) is 3.29. The standard InChI is InChI=1S/C16H29N3/c1-3-13(2)19-14(17)18-12-16(19)10-8-15(9-11-16)6-4-5-7-15/h13H,3-12H2,1-2H3,(H2,17,18). The molecule has 3 nitrogen and oxygen atoms in total. The summed E-state index contributed by atoms with van der Waals surface area (Å²) in [6.45, 7) is 5.50. The minimum atomic E-state index is 0.271.